The summed E-state index contributed by atoms with van der Waals surface area (Å²) in [6.07, 6.45) is 2.32. The van der Waals surface area contributed by atoms with E-state index >= 15 is 0 Å². The van der Waals surface area contributed by atoms with E-state index in [0.717, 1.165) is 31.3 Å². The van der Waals surface area contributed by atoms with Crippen LogP contribution in [-0.4, -0.2) is 41.6 Å². The molecule has 96 valence electrons. The molecule has 3 heteroatoms. The van der Waals surface area contributed by atoms with E-state index in [4.69, 9.17) is 5.11 Å². The number of nitrogens with zero attached hydrogens (tertiary/aromatic N) is 1. The van der Waals surface area contributed by atoms with Gasteiger partial charge in [0.25, 0.3) is 0 Å². The van der Waals surface area contributed by atoms with Gasteiger partial charge in [-0.3, -0.25) is 0 Å². The van der Waals surface area contributed by atoms with Crippen molar-refractivity contribution < 1.29 is 5.11 Å². The molecule has 0 aliphatic carbocycles. The summed E-state index contributed by atoms with van der Waals surface area (Å²) in [5.74, 6) is 1.26. The lowest BCUT2D eigenvalue weighted by Crippen LogP contribution is -2.41. The third-order valence-electron chi connectivity index (χ3n) is 3.85. The first-order chi connectivity index (χ1) is 7.47. The van der Waals surface area contributed by atoms with E-state index in [1.807, 2.05) is 0 Å². The number of piperidine rings is 1. The zero-order valence-electron chi connectivity index (χ0n) is 10.9. The highest BCUT2D eigenvalue weighted by molar-refractivity contribution is 9.09. The van der Waals surface area contributed by atoms with Crippen LogP contribution in [0, 0.1) is 17.3 Å². The molecule has 1 rings (SSSR count). The average Bonchev–Trinajstić information content (AvgIpc) is 2.25. The van der Waals surface area contributed by atoms with Gasteiger partial charge in [-0.2, -0.15) is 0 Å². The lowest BCUT2D eigenvalue weighted by molar-refractivity contribution is 0.101. The molecule has 0 amide bonds. The van der Waals surface area contributed by atoms with E-state index in [0.29, 0.717) is 23.9 Å². The molecule has 1 unspecified atom stereocenters. The van der Waals surface area contributed by atoms with E-state index in [1.54, 1.807) is 0 Å². The molecule has 0 saturated carbocycles. The Morgan fingerprint density at radius 2 is 1.88 bits per heavy atom. The predicted octanol–water partition coefficient (Wildman–Crippen LogP) is 2.75. The highest BCUT2D eigenvalue weighted by Gasteiger charge is 2.27. The highest BCUT2D eigenvalue weighted by atomic mass is 79.9. The lowest BCUT2D eigenvalue weighted by atomic mass is 9.81. The third kappa shape index (κ3) is 4.34. The van der Waals surface area contributed by atoms with Crippen LogP contribution in [0.2, 0.25) is 0 Å². The van der Waals surface area contributed by atoms with E-state index in [-0.39, 0.29) is 0 Å². The topological polar surface area (TPSA) is 23.5 Å². The quantitative estimate of drug-likeness (QED) is 0.805. The van der Waals surface area contributed by atoms with Crippen molar-refractivity contribution in [3.8, 4) is 0 Å². The minimum absolute atomic E-state index is 0.370. The first-order valence-corrected chi connectivity index (χ1v) is 7.48. The van der Waals surface area contributed by atoms with Gasteiger partial charge in [0.1, 0.15) is 0 Å². The summed E-state index contributed by atoms with van der Waals surface area (Å²) >= 11 is 3.64. The molecule has 1 heterocycles. The Morgan fingerprint density at radius 1 is 1.31 bits per heavy atom. The minimum Gasteiger partial charge on any atom is -0.396 e. The normalized spacial score (nSPS) is 22.3. The first kappa shape index (κ1) is 14.5. The molecule has 0 spiro atoms. The van der Waals surface area contributed by atoms with Gasteiger partial charge in [0.05, 0.1) is 0 Å². The zero-order chi connectivity index (χ0) is 12.2. The standard InChI is InChI=1S/C13H26BrNO/c1-13(2,3)12(8-14)9-15-6-4-11(10-16)5-7-15/h11-12,16H,4-10H2,1-3H3. The van der Waals surface area contributed by atoms with Gasteiger partial charge < -0.3 is 10.0 Å². The second-order valence-corrected chi connectivity index (χ2v) is 6.79. The van der Waals surface area contributed by atoms with Crippen LogP contribution in [0.3, 0.4) is 0 Å². The van der Waals surface area contributed by atoms with Gasteiger partial charge in [-0.05, 0) is 43.2 Å². The van der Waals surface area contributed by atoms with Gasteiger partial charge in [-0.25, -0.2) is 0 Å². The number of halogens is 1. The molecule has 2 nitrogen and oxygen atoms in total. The molecule has 16 heavy (non-hydrogen) atoms. The summed E-state index contributed by atoms with van der Waals surface area (Å²) in [6.45, 7) is 10.8. The monoisotopic (exact) mass is 291 g/mol. The van der Waals surface area contributed by atoms with Crippen LogP contribution in [0.5, 0.6) is 0 Å². The SMILES string of the molecule is CC(C)(C)C(CBr)CN1CCC(CO)CC1. The molecule has 0 aromatic carbocycles. The molecule has 1 N–H and O–H groups in total. The summed E-state index contributed by atoms with van der Waals surface area (Å²) in [7, 11) is 0. The van der Waals surface area contributed by atoms with Crippen LogP contribution in [0.4, 0.5) is 0 Å². The molecule has 1 fully saturated rings. The summed E-state index contributed by atoms with van der Waals surface area (Å²) in [5.41, 5.74) is 0.372. The summed E-state index contributed by atoms with van der Waals surface area (Å²) in [4.78, 5) is 2.56. The molecule has 0 bridgehead atoms. The Kier molecular flexibility index (Phi) is 5.75. The molecule has 1 aliphatic heterocycles. The molecule has 0 aromatic heterocycles. The van der Waals surface area contributed by atoms with Crippen LogP contribution in [0.1, 0.15) is 33.6 Å². The maximum atomic E-state index is 9.11. The molecule has 1 aliphatic rings. The van der Waals surface area contributed by atoms with Gasteiger partial charge in [-0.1, -0.05) is 36.7 Å². The molecule has 0 radical (unpaired) electrons. The van der Waals surface area contributed by atoms with Gasteiger partial charge in [0.15, 0.2) is 0 Å². The van der Waals surface area contributed by atoms with Gasteiger partial charge in [0, 0.05) is 18.5 Å². The average molecular weight is 292 g/mol. The smallest absolute Gasteiger partial charge is 0.0460 e. The Balaban J connectivity index is 2.37. The maximum absolute atomic E-state index is 9.11. The van der Waals surface area contributed by atoms with Crippen molar-refractivity contribution in [2.75, 3.05) is 31.6 Å². The number of rotatable bonds is 4. The van der Waals surface area contributed by atoms with Crippen molar-refractivity contribution in [3.63, 3.8) is 0 Å². The fourth-order valence-electron chi connectivity index (χ4n) is 2.22. The molecular formula is C13H26BrNO. The van der Waals surface area contributed by atoms with Crippen molar-refractivity contribution in [1.29, 1.82) is 0 Å². The van der Waals surface area contributed by atoms with Crippen molar-refractivity contribution in [3.05, 3.63) is 0 Å². The predicted molar refractivity (Wildman–Crippen MR) is 73.0 cm³/mol. The van der Waals surface area contributed by atoms with Crippen LogP contribution in [0.15, 0.2) is 0 Å². The van der Waals surface area contributed by atoms with Gasteiger partial charge in [-0.15, -0.1) is 0 Å². The molecule has 1 saturated heterocycles. The van der Waals surface area contributed by atoms with E-state index in [9.17, 15) is 0 Å². The molecule has 1 atom stereocenters. The van der Waals surface area contributed by atoms with Gasteiger partial charge >= 0.3 is 0 Å². The number of hydrogen-bond acceptors (Lipinski definition) is 2. The molecule has 0 aromatic rings. The van der Waals surface area contributed by atoms with Crippen molar-refractivity contribution in [2.45, 2.75) is 33.6 Å². The lowest BCUT2D eigenvalue weighted by Gasteiger charge is -2.37. The maximum Gasteiger partial charge on any atom is 0.0460 e. The largest absolute Gasteiger partial charge is 0.396 e. The number of likely N-dealkylation sites (tertiary alicyclic amines) is 1. The summed E-state index contributed by atoms with van der Waals surface area (Å²) < 4.78 is 0. The Labute approximate surface area is 109 Å². The van der Waals surface area contributed by atoms with E-state index in [1.165, 1.54) is 6.54 Å². The van der Waals surface area contributed by atoms with Crippen LogP contribution < -0.4 is 0 Å². The number of hydrogen-bond donors (Lipinski definition) is 1. The Hall–Kier alpha value is 0.400. The second-order valence-electron chi connectivity index (χ2n) is 6.14. The number of alkyl halides is 1. The number of aliphatic hydroxyl groups is 1. The number of aliphatic hydroxyl groups excluding tert-OH is 1. The summed E-state index contributed by atoms with van der Waals surface area (Å²) in [5, 5.41) is 10.2. The third-order valence-corrected chi connectivity index (χ3v) is 4.64. The van der Waals surface area contributed by atoms with Crippen LogP contribution in [0.25, 0.3) is 0 Å². The summed E-state index contributed by atoms with van der Waals surface area (Å²) in [6, 6.07) is 0. The highest BCUT2D eigenvalue weighted by Crippen LogP contribution is 2.29. The molecular weight excluding hydrogens is 266 g/mol. The zero-order valence-corrected chi connectivity index (χ0v) is 12.5. The van der Waals surface area contributed by atoms with E-state index < -0.39 is 0 Å². The van der Waals surface area contributed by atoms with E-state index in [2.05, 4.69) is 41.6 Å². The first-order valence-electron chi connectivity index (χ1n) is 6.36. The van der Waals surface area contributed by atoms with Crippen LogP contribution in [-0.2, 0) is 0 Å². The van der Waals surface area contributed by atoms with Gasteiger partial charge in [0.2, 0.25) is 0 Å². The fourth-order valence-corrected chi connectivity index (χ4v) is 3.39. The van der Waals surface area contributed by atoms with Crippen molar-refractivity contribution >= 4 is 15.9 Å². The Morgan fingerprint density at radius 3 is 2.25 bits per heavy atom. The van der Waals surface area contributed by atoms with Crippen molar-refractivity contribution in [2.24, 2.45) is 17.3 Å². The van der Waals surface area contributed by atoms with Crippen LogP contribution >= 0.6 is 15.9 Å². The Bertz CT molecular complexity index is 195. The second kappa shape index (κ2) is 6.36. The van der Waals surface area contributed by atoms with Crippen molar-refractivity contribution in [1.82, 2.24) is 4.90 Å². The fraction of sp³-hybridized carbons (Fsp3) is 1.00. The minimum atomic E-state index is 0.370.